The Morgan fingerprint density at radius 3 is 3.11 bits per heavy atom. The van der Waals surface area contributed by atoms with Crippen LogP contribution in [0.4, 0.5) is 0 Å². The van der Waals surface area contributed by atoms with Crippen LogP contribution in [0, 0.1) is 11.3 Å². The van der Waals surface area contributed by atoms with E-state index in [0.29, 0.717) is 11.3 Å². The molecule has 3 rings (SSSR count). The van der Waals surface area contributed by atoms with Crippen LogP contribution in [-0.4, -0.2) is 36.1 Å². The number of aromatic nitrogens is 1. The fraction of sp³-hybridized carbons (Fsp3) is 0.800. The quantitative estimate of drug-likeness (QED) is 0.918. The van der Waals surface area contributed by atoms with Crippen LogP contribution < -0.4 is 5.32 Å². The minimum atomic E-state index is 0.589. The number of thiazole rings is 1. The van der Waals surface area contributed by atoms with Crippen LogP contribution in [0.2, 0.25) is 0 Å². The van der Waals surface area contributed by atoms with Gasteiger partial charge in [-0.25, -0.2) is 4.98 Å². The zero-order valence-electron chi connectivity index (χ0n) is 12.1. The molecule has 2 aliphatic rings. The lowest BCUT2D eigenvalue weighted by Gasteiger charge is -2.22. The topological polar surface area (TPSA) is 28.2 Å². The Kier molecular flexibility index (Phi) is 3.92. The van der Waals surface area contributed by atoms with E-state index >= 15 is 0 Å². The Bertz CT molecular complexity index is 421. The highest BCUT2D eigenvalue weighted by molar-refractivity contribution is 7.11. The first-order valence-electron chi connectivity index (χ1n) is 7.52. The van der Waals surface area contributed by atoms with E-state index in [2.05, 4.69) is 35.2 Å². The molecule has 3 heterocycles. The molecule has 0 aliphatic carbocycles. The first-order chi connectivity index (χ1) is 9.15. The highest BCUT2D eigenvalue weighted by atomic mass is 32.1. The van der Waals surface area contributed by atoms with Crippen molar-refractivity contribution >= 4 is 11.3 Å². The van der Waals surface area contributed by atoms with Gasteiger partial charge >= 0.3 is 0 Å². The van der Waals surface area contributed by atoms with Gasteiger partial charge in [-0.2, -0.15) is 0 Å². The number of nitrogens with one attached hydrogen (secondary N) is 1. The van der Waals surface area contributed by atoms with Crippen LogP contribution in [0.15, 0.2) is 6.20 Å². The molecule has 3 nitrogen and oxygen atoms in total. The molecule has 0 aromatic carbocycles. The van der Waals surface area contributed by atoms with E-state index in [-0.39, 0.29) is 0 Å². The lowest BCUT2D eigenvalue weighted by Crippen LogP contribution is -2.28. The lowest BCUT2D eigenvalue weighted by molar-refractivity contribution is 0.270. The fourth-order valence-corrected chi connectivity index (χ4v) is 4.57. The molecule has 1 atom stereocenters. The minimum absolute atomic E-state index is 0.589. The van der Waals surface area contributed by atoms with Crippen molar-refractivity contribution in [1.82, 2.24) is 15.2 Å². The molecule has 0 bridgehead atoms. The average molecular weight is 279 g/mol. The van der Waals surface area contributed by atoms with Gasteiger partial charge in [0.05, 0.1) is 5.01 Å². The number of hydrogen-bond donors (Lipinski definition) is 1. The SMILES string of the molecule is CC(C)Cc1ncc(CN2CCC3(CCNC3)C2)s1. The third-order valence-corrected chi connectivity index (χ3v) is 5.42. The maximum atomic E-state index is 4.57. The van der Waals surface area contributed by atoms with Gasteiger partial charge in [-0.05, 0) is 37.3 Å². The van der Waals surface area contributed by atoms with Crippen LogP contribution in [0.25, 0.3) is 0 Å². The summed E-state index contributed by atoms with van der Waals surface area (Å²) < 4.78 is 0. The molecule has 1 unspecified atom stereocenters. The van der Waals surface area contributed by atoms with Gasteiger partial charge in [0, 0.05) is 37.1 Å². The van der Waals surface area contributed by atoms with Gasteiger partial charge in [-0.15, -0.1) is 11.3 Å². The van der Waals surface area contributed by atoms with Gasteiger partial charge in [0.1, 0.15) is 0 Å². The molecule has 4 heteroatoms. The monoisotopic (exact) mass is 279 g/mol. The van der Waals surface area contributed by atoms with Crippen LogP contribution in [0.5, 0.6) is 0 Å². The van der Waals surface area contributed by atoms with Gasteiger partial charge in [-0.3, -0.25) is 4.90 Å². The summed E-state index contributed by atoms with van der Waals surface area (Å²) in [7, 11) is 0. The van der Waals surface area contributed by atoms with Crippen molar-refractivity contribution in [3.8, 4) is 0 Å². The zero-order valence-corrected chi connectivity index (χ0v) is 12.9. The summed E-state index contributed by atoms with van der Waals surface area (Å²) in [6.07, 6.45) is 5.96. The lowest BCUT2D eigenvalue weighted by atomic mass is 9.87. The molecule has 1 aromatic heterocycles. The van der Waals surface area contributed by atoms with Crippen LogP contribution in [-0.2, 0) is 13.0 Å². The van der Waals surface area contributed by atoms with E-state index in [4.69, 9.17) is 0 Å². The molecule has 1 aromatic rings. The number of likely N-dealkylation sites (tertiary alicyclic amines) is 1. The second-order valence-electron chi connectivity index (χ2n) is 6.71. The predicted molar refractivity (Wildman–Crippen MR) is 80.5 cm³/mol. The molecule has 0 radical (unpaired) electrons. The molecule has 19 heavy (non-hydrogen) atoms. The minimum Gasteiger partial charge on any atom is -0.316 e. The average Bonchev–Trinajstić information content (AvgIpc) is 3.04. The molecule has 1 N–H and O–H groups in total. The smallest absolute Gasteiger partial charge is 0.0930 e. The summed E-state index contributed by atoms with van der Waals surface area (Å²) in [6.45, 7) is 10.6. The molecule has 106 valence electrons. The number of rotatable bonds is 4. The molecular formula is C15H25N3S. The summed E-state index contributed by atoms with van der Waals surface area (Å²) >= 11 is 1.91. The van der Waals surface area contributed by atoms with Crippen LogP contribution in [0.1, 0.15) is 36.6 Å². The molecular weight excluding hydrogens is 254 g/mol. The van der Waals surface area contributed by atoms with Gasteiger partial charge < -0.3 is 5.32 Å². The van der Waals surface area contributed by atoms with E-state index in [1.165, 1.54) is 48.9 Å². The molecule has 0 saturated carbocycles. The normalized spacial score (nSPS) is 27.9. The summed E-state index contributed by atoms with van der Waals surface area (Å²) in [5, 5.41) is 4.84. The van der Waals surface area contributed by atoms with Crippen molar-refractivity contribution in [3.05, 3.63) is 16.1 Å². The molecule has 1 spiro atoms. The summed E-state index contributed by atoms with van der Waals surface area (Å²) in [5.74, 6) is 0.707. The first-order valence-corrected chi connectivity index (χ1v) is 8.34. The Morgan fingerprint density at radius 1 is 1.47 bits per heavy atom. The Labute approximate surface area is 120 Å². The third kappa shape index (κ3) is 3.18. The van der Waals surface area contributed by atoms with Crippen molar-refractivity contribution in [2.24, 2.45) is 11.3 Å². The summed E-state index contributed by atoms with van der Waals surface area (Å²) in [6, 6.07) is 0. The van der Waals surface area contributed by atoms with E-state index in [1.54, 1.807) is 0 Å². The van der Waals surface area contributed by atoms with E-state index in [1.807, 2.05) is 11.3 Å². The van der Waals surface area contributed by atoms with Crippen molar-refractivity contribution < 1.29 is 0 Å². The fourth-order valence-electron chi connectivity index (χ4n) is 3.39. The molecule has 0 amide bonds. The number of nitrogens with zero attached hydrogens (tertiary/aromatic N) is 2. The van der Waals surface area contributed by atoms with Gasteiger partial charge in [0.2, 0.25) is 0 Å². The van der Waals surface area contributed by atoms with Gasteiger partial charge in [0.25, 0.3) is 0 Å². The van der Waals surface area contributed by atoms with E-state index in [9.17, 15) is 0 Å². The molecule has 2 fully saturated rings. The number of hydrogen-bond acceptors (Lipinski definition) is 4. The highest BCUT2D eigenvalue weighted by Crippen LogP contribution is 2.36. The maximum absolute atomic E-state index is 4.57. The summed E-state index contributed by atoms with van der Waals surface area (Å²) in [5.41, 5.74) is 0.589. The Balaban J connectivity index is 1.55. The van der Waals surface area contributed by atoms with Gasteiger partial charge in [-0.1, -0.05) is 13.8 Å². The first kappa shape index (κ1) is 13.5. The predicted octanol–water partition coefficient (Wildman–Crippen LogP) is 2.53. The van der Waals surface area contributed by atoms with Crippen LogP contribution in [0.3, 0.4) is 0 Å². The highest BCUT2D eigenvalue weighted by Gasteiger charge is 2.40. The van der Waals surface area contributed by atoms with Crippen LogP contribution >= 0.6 is 11.3 Å². The van der Waals surface area contributed by atoms with Crippen molar-refractivity contribution in [2.75, 3.05) is 26.2 Å². The summed E-state index contributed by atoms with van der Waals surface area (Å²) in [4.78, 5) is 8.63. The van der Waals surface area contributed by atoms with Crippen molar-refractivity contribution in [1.29, 1.82) is 0 Å². The largest absolute Gasteiger partial charge is 0.316 e. The third-order valence-electron chi connectivity index (χ3n) is 4.41. The van der Waals surface area contributed by atoms with E-state index < -0.39 is 0 Å². The Morgan fingerprint density at radius 2 is 2.37 bits per heavy atom. The molecule has 2 saturated heterocycles. The van der Waals surface area contributed by atoms with Crippen molar-refractivity contribution in [3.63, 3.8) is 0 Å². The second kappa shape index (κ2) is 5.51. The van der Waals surface area contributed by atoms with Crippen molar-refractivity contribution in [2.45, 2.75) is 39.7 Å². The maximum Gasteiger partial charge on any atom is 0.0930 e. The standard InChI is InChI=1S/C15H25N3S/c1-12(2)7-14-17-8-13(19-14)9-18-6-4-15(11-18)3-5-16-10-15/h8,12,16H,3-7,9-11H2,1-2H3. The zero-order chi connectivity index (χ0) is 13.3. The molecule has 2 aliphatic heterocycles. The Hall–Kier alpha value is -0.450. The van der Waals surface area contributed by atoms with Gasteiger partial charge in [0.15, 0.2) is 0 Å². The second-order valence-corrected chi connectivity index (χ2v) is 7.91. The van der Waals surface area contributed by atoms with E-state index in [0.717, 1.165) is 13.0 Å².